The molecule has 3 heteroatoms. The van der Waals surface area contributed by atoms with Gasteiger partial charge in [0.05, 0.1) is 13.1 Å². The summed E-state index contributed by atoms with van der Waals surface area (Å²) < 4.78 is 0. The molecule has 1 amide bonds. The minimum atomic E-state index is -0.0320. The fourth-order valence-electron chi connectivity index (χ4n) is 0.948. The molecule has 0 spiro atoms. The Bertz CT molecular complexity index is 166. The lowest BCUT2D eigenvalue weighted by Crippen LogP contribution is -2.84. The zero-order valence-electron chi connectivity index (χ0n) is 8.73. The maximum atomic E-state index is 11.0. The molecule has 76 valence electrons. The van der Waals surface area contributed by atoms with E-state index in [1.165, 1.54) is 13.0 Å². The van der Waals surface area contributed by atoms with Crippen LogP contribution in [0.15, 0.2) is 12.2 Å². The lowest BCUT2D eigenvalue weighted by molar-refractivity contribution is -0.654. The number of hydrogen-bond donors (Lipinski definition) is 2. The topological polar surface area (TPSA) is 45.7 Å². The van der Waals surface area contributed by atoms with E-state index in [2.05, 4.69) is 24.1 Å². The summed E-state index contributed by atoms with van der Waals surface area (Å²) >= 11 is 0. The highest BCUT2D eigenvalue weighted by Gasteiger charge is 1.99. The molecule has 13 heavy (non-hydrogen) atoms. The van der Waals surface area contributed by atoms with E-state index in [1.54, 1.807) is 6.92 Å². The van der Waals surface area contributed by atoms with E-state index in [0.717, 1.165) is 19.5 Å². The number of carbonyl (C=O) groups excluding carboxylic acids is 1. The molecular weight excluding hydrogens is 164 g/mol. The molecule has 0 aromatic rings. The van der Waals surface area contributed by atoms with Gasteiger partial charge in [-0.3, -0.25) is 4.79 Å². The summed E-state index contributed by atoms with van der Waals surface area (Å²) in [5.74, 6) is -0.0320. The van der Waals surface area contributed by atoms with Gasteiger partial charge in [0.25, 0.3) is 0 Å². The molecule has 0 heterocycles. The highest BCUT2D eigenvalue weighted by Crippen LogP contribution is 1.84. The van der Waals surface area contributed by atoms with Crippen LogP contribution < -0.4 is 10.6 Å². The lowest BCUT2D eigenvalue weighted by atomic mass is 10.3. The first-order valence-corrected chi connectivity index (χ1v) is 4.93. The highest BCUT2D eigenvalue weighted by molar-refractivity contribution is 5.91. The van der Waals surface area contributed by atoms with Crippen LogP contribution in [0.4, 0.5) is 0 Å². The molecule has 0 saturated heterocycles. The van der Waals surface area contributed by atoms with E-state index in [9.17, 15) is 4.79 Å². The van der Waals surface area contributed by atoms with Gasteiger partial charge in [0.1, 0.15) is 0 Å². The average Bonchev–Trinajstić information content (AvgIpc) is 2.10. The van der Waals surface area contributed by atoms with Gasteiger partial charge in [-0.25, -0.2) is 0 Å². The maximum absolute atomic E-state index is 11.0. The van der Waals surface area contributed by atoms with Crippen molar-refractivity contribution in [1.29, 1.82) is 0 Å². The standard InChI is InChI=1S/C10H20N2O/c1-4-6-11-7-5-8-12-10(13)9(2)3/h11H,2,4-8H2,1,3H3,(H,12,13)/p+1. The number of hydrogen-bond acceptors (Lipinski definition) is 1. The lowest BCUT2D eigenvalue weighted by Gasteiger charge is -2.03. The second kappa shape index (κ2) is 7.80. The number of rotatable bonds is 7. The summed E-state index contributed by atoms with van der Waals surface area (Å²) in [6.45, 7) is 10.5. The van der Waals surface area contributed by atoms with Gasteiger partial charge in [-0.15, -0.1) is 0 Å². The van der Waals surface area contributed by atoms with Crippen molar-refractivity contribution in [2.75, 3.05) is 19.6 Å². The largest absolute Gasteiger partial charge is 0.352 e. The minimum Gasteiger partial charge on any atom is -0.352 e. The molecule has 0 saturated carbocycles. The summed E-state index contributed by atoms with van der Waals surface area (Å²) in [6.07, 6.45) is 2.23. The van der Waals surface area contributed by atoms with Gasteiger partial charge in [0.15, 0.2) is 0 Å². The van der Waals surface area contributed by atoms with Crippen molar-refractivity contribution in [2.24, 2.45) is 0 Å². The van der Waals surface area contributed by atoms with Gasteiger partial charge in [-0.1, -0.05) is 13.5 Å². The Labute approximate surface area is 80.6 Å². The van der Waals surface area contributed by atoms with Crippen LogP contribution in [-0.2, 0) is 4.79 Å². The quantitative estimate of drug-likeness (QED) is 0.427. The first-order chi connectivity index (χ1) is 6.18. The van der Waals surface area contributed by atoms with Gasteiger partial charge in [0, 0.05) is 18.5 Å². The van der Waals surface area contributed by atoms with E-state index in [1.807, 2.05) is 0 Å². The molecular formula is C10H21N2O+. The Balaban J connectivity index is 3.16. The number of nitrogens with one attached hydrogen (secondary N) is 1. The Kier molecular flexibility index (Phi) is 7.30. The predicted octanol–water partition coefficient (Wildman–Crippen LogP) is 0.0422. The molecule has 0 aromatic carbocycles. The fourth-order valence-corrected chi connectivity index (χ4v) is 0.948. The third-order valence-electron chi connectivity index (χ3n) is 1.75. The molecule has 0 radical (unpaired) electrons. The van der Waals surface area contributed by atoms with Crippen molar-refractivity contribution in [3.8, 4) is 0 Å². The molecule has 3 N–H and O–H groups in total. The second-order valence-corrected chi connectivity index (χ2v) is 3.26. The van der Waals surface area contributed by atoms with Crippen molar-refractivity contribution in [3.05, 3.63) is 12.2 Å². The van der Waals surface area contributed by atoms with Gasteiger partial charge >= 0.3 is 0 Å². The summed E-state index contributed by atoms with van der Waals surface area (Å²) in [5.41, 5.74) is 0.581. The van der Waals surface area contributed by atoms with E-state index < -0.39 is 0 Å². The zero-order chi connectivity index (χ0) is 10.1. The van der Waals surface area contributed by atoms with Crippen molar-refractivity contribution in [1.82, 2.24) is 5.32 Å². The molecule has 0 aliphatic heterocycles. The molecule has 0 unspecified atom stereocenters. The van der Waals surface area contributed by atoms with E-state index in [-0.39, 0.29) is 5.91 Å². The van der Waals surface area contributed by atoms with Crippen LogP contribution in [0.3, 0.4) is 0 Å². The molecule has 0 rings (SSSR count). The highest BCUT2D eigenvalue weighted by atomic mass is 16.1. The Morgan fingerprint density at radius 1 is 1.46 bits per heavy atom. The van der Waals surface area contributed by atoms with Gasteiger partial charge in [-0.05, 0) is 13.3 Å². The normalized spacial score (nSPS) is 9.69. The van der Waals surface area contributed by atoms with Crippen LogP contribution in [0, 0.1) is 0 Å². The summed E-state index contributed by atoms with van der Waals surface area (Å²) in [4.78, 5) is 11.0. The number of amides is 1. The molecule has 3 nitrogen and oxygen atoms in total. The third-order valence-corrected chi connectivity index (χ3v) is 1.75. The molecule has 0 aromatic heterocycles. The van der Waals surface area contributed by atoms with Crippen molar-refractivity contribution < 1.29 is 10.1 Å². The van der Waals surface area contributed by atoms with Crippen molar-refractivity contribution >= 4 is 5.91 Å². The smallest absolute Gasteiger partial charge is 0.246 e. The van der Waals surface area contributed by atoms with E-state index in [4.69, 9.17) is 0 Å². The van der Waals surface area contributed by atoms with Gasteiger partial charge in [0.2, 0.25) is 5.91 Å². The van der Waals surface area contributed by atoms with Crippen LogP contribution in [0.2, 0.25) is 0 Å². The SMILES string of the molecule is C=C(C)C(=O)NCCC[NH2+]CCC. The monoisotopic (exact) mass is 185 g/mol. The second-order valence-electron chi connectivity index (χ2n) is 3.26. The average molecular weight is 185 g/mol. The number of quaternary nitrogens is 1. The van der Waals surface area contributed by atoms with Crippen LogP contribution in [0.5, 0.6) is 0 Å². The predicted molar refractivity (Wildman–Crippen MR) is 54.4 cm³/mol. The van der Waals surface area contributed by atoms with E-state index in [0.29, 0.717) is 5.57 Å². The van der Waals surface area contributed by atoms with Crippen LogP contribution >= 0.6 is 0 Å². The number of nitrogens with two attached hydrogens (primary N) is 1. The first-order valence-electron chi connectivity index (χ1n) is 4.93. The Morgan fingerprint density at radius 3 is 2.69 bits per heavy atom. The molecule has 0 aliphatic rings. The van der Waals surface area contributed by atoms with Crippen LogP contribution in [0.1, 0.15) is 26.7 Å². The zero-order valence-corrected chi connectivity index (χ0v) is 8.73. The molecule has 0 aliphatic carbocycles. The summed E-state index contributed by atoms with van der Waals surface area (Å²) in [7, 11) is 0. The minimum absolute atomic E-state index is 0.0320. The molecule has 0 bridgehead atoms. The van der Waals surface area contributed by atoms with E-state index >= 15 is 0 Å². The summed E-state index contributed by atoms with van der Waals surface area (Å²) in [6, 6.07) is 0. The van der Waals surface area contributed by atoms with Crippen LogP contribution in [-0.4, -0.2) is 25.5 Å². The fraction of sp³-hybridized carbons (Fsp3) is 0.700. The Hall–Kier alpha value is -0.830. The summed E-state index contributed by atoms with van der Waals surface area (Å²) in [5, 5.41) is 5.07. The molecule has 0 atom stereocenters. The maximum Gasteiger partial charge on any atom is 0.246 e. The Morgan fingerprint density at radius 2 is 2.15 bits per heavy atom. The molecule has 0 fully saturated rings. The van der Waals surface area contributed by atoms with Crippen LogP contribution in [0.25, 0.3) is 0 Å². The van der Waals surface area contributed by atoms with Gasteiger partial charge in [-0.2, -0.15) is 0 Å². The first kappa shape index (κ1) is 12.2. The third kappa shape index (κ3) is 7.53. The number of carbonyl (C=O) groups is 1. The van der Waals surface area contributed by atoms with Crippen molar-refractivity contribution in [2.45, 2.75) is 26.7 Å². The van der Waals surface area contributed by atoms with Crippen molar-refractivity contribution in [3.63, 3.8) is 0 Å². The van der Waals surface area contributed by atoms with Gasteiger partial charge < -0.3 is 10.6 Å².